The van der Waals surface area contributed by atoms with Gasteiger partial charge in [-0.25, -0.2) is 0 Å². The Morgan fingerprint density at radius 3 is 2.95 bits per heavy atom. The zero-order valence-corrected chi connectivity index (χ0v) is 11.4. The third-order valence-corrected chi connectivity index (χ3v) is 4.28. The number of amides is 1. The highest BCUT2D eigenvalue weighted by atomic mass is 16.5. The van der Waals surface area contributed by atoms with E-state index < -0.39 is 0 Å². The zero-order chi connectivity index (χ0) is 13.3. The molecule has 1 aliphatic carbocycles. The van der Waals surface area contributed by atoms with Gasteiger partial charge in [0.15, 0.2) is 0 Å². The number of nitrogens with one attached hydrogen (secondary N) is 1. The van der Waals surface area contributed by atoms with Gasteiger partial charge in [-0.2, -0.15) is 0 Å². The molecule has 102 valence electrons. The van der Waals surface area contributed by atoms with E-state index in [-0.39, 0.29) is 17.2 Å². The van der Waals surface area contributed by atoms with Crippen molar-refractivity contribution >= 4 is 5.91 Å². The molecule has 1 aliphatic heterocycles. The topological polar surface area (TPSA) is 38.3 Å². The number of carbonyl (C=O) groups is 1. The van der Waals surface area contributed by atoms with Gasteiger partial charge in [-0.3, -0.25) is 4.79 Å². The van der Waals surface area contributed by atoms with Crippen LogP contribution in [0.1, 0.15) is 36.8 Å². The smallest absolute Gasteiger partial charge is 0.227 e. The van der Waals surface area contributed by atoms with Crippen LogP contribution in [0.25, 0.3) is 0 Å². The van der Waals surface area contributed by atoms with Gasteiger partial charge < -0.3 is 10.1 Å². The van der Waals surface area contributed by atoms with E-state index in [1.165, 1.54) is 11.1 Å². The number of carbonyl (C=O) groups excluding carboxylic acids is 1. The molecule has 0 spiro atoms. The molecule has 19 heavy (non-hydrogen) atoms. The fourth-order valence-corrected chi connectivity index (χ4v) is 3.00. The molecule has 0 radical (unpaired) electrons. The molecule has 3 nitrogen and oxygen atoms in total. The van der Waals surface area contributed by atoms with Crippen molar-refractivity contribution in [3.63, 3.8) is 0 Å². The van der Waals surface area contributed by atoms with Crippen LogP contribution in [0.5, 0.6) is 0 Å². The van der Waals surface area contributed by atoms with Gasteiger partial charge in [0.2, 0.25) is 5.91 Å². The molecule has 2 aliphatic rings. The standard InChI is InChI=1S/C16H21NO2/c1-16(10-19-11-16)9-17-15(18)14-8-4-6-12-5-2-3-7-13(12)14/h2-3,5,7,14H,4,6,8-11H2,1H3,(H,17,18). The summed E-state index contributed by atoms with van der Waals surface area (Å²) in [6.45, 7) is 4.40. The molecule has 1 atom stereocenters. The molecule has 1 unspecified atom stereocenters. The average molecular weight is 259 g/mol. The molecule has 1 N–H and O–H groups in total. The molecule has 0 saturated carbocycles. The predicted octanol–water partition coefficient (Wildman–Crippen LogP) is 2.26. The van der Waals surface area contributed by atoms with Crippen LogP contribution < -0.4 is 5.32 Å². The van der Waals surface area contributed by atoms with E-state index in [1.54, 1.807) is 0 Å². The van der Waals surface area contributed by atoms with Crippen LogP contribution in [0.15, 0.2) is 24.3 Å². The van der Waals surface area contributed by atoms with Gasteiger partial charge in [-0.15, -0.1) is 0 Å². The molecule has 3 heteroatoms. The number of ether oxygens (including phenoxy) is 1. The summed E-state index contributed by atoms with van der Waals surface area (Å²) in [7, 11) is 0. The SMILES string of the molecule is CC1(CNC(=O)C2CCCc3ccccc32)COC1. The van der Waals surface area contributed by atoms with E-state index in [2.05, 4.69) is 30.4 Å². The summed E-state index contributed by atoms with van der Waals surface area (Å²) in [5.74, 6) is 0.217. The second-order valence-corrected chi connectivity index (χ2v) is 6.16. The zero-order valence-electron chi connectivity index (χ0n) is 11.4. The Balaban J connectivity index is 1.67. The van der Waals surface area contributed by atoms with Crippen LogP contribution in [0.3, 0.4) is 0 Å². The number of hydrogen-bond donors (Lipinski definition) is 1. The second kappa shape index (κ2) is 4.97. The van der Waals surface area contributed by atoms with E-state index in [0.717, 1.165) is 39.0 Å². The van der Waals surface area contributed by atoms with Gasteiger partial charge >= 0.3 is 0 Å². The fraction of sp³-hybridized carbons (Fsp3) is 0.562. The highest BCUT2D eigenvalue weighted by molar-refractivity contribution is 5.84. The summed E-state index contributed by atoms with van der Waals surface area (Å²) in [6.07, 6.45) is 3.18. The van der Waals surface area contributed by atoms with Crippen molar-refractivity contribution in [3.05, 3.63) is 35.4 Å². The van der Waals surface area contributed by atoms with Crippen molar-refractivity contribution < 1.29 is 9.53 Å². The molecular formula is C16H21NO2. The van der Waals surface area contributed by atoms with Crippen LogP contribution in [0.4, 0.5) is 0 Å². The minimum absolute atomic E-state index is 0.0366. The number of benzene rings is 1. The molecule has 1 aromatic rings. The summed E-state index contributed by atoms with van der Waals surface area (Å²) in [5.41, 5.74) is 2.71. The molecule has 1 fully saturated rings. The van der Waals surface area contributed by atoms with E-state index in [9.17, 15) is 4.79 Å². The van der Waals surface area contributed by atoms with Crippen LogP contribution in [-0.2, 0) is 16.0 Å². The third-order valence-electron chi connectivity index (χ3n) is 4.28. The van der Waals surface area contributed by atoms with Crippen molar-refractivity contribution in [2.45, 2.75) is 32.1 Å². The Hall–Kier alpha value is -1.35. The largest absolute Gasteiger partial charge is 0.380 e. The first kappa shape index (κ1) is 12.7. The van der Waals surface area contributed by atoms with Gasteiger partial charge in [0.25, 0.3) is 0 Å². The highest BCUT2D eigenvalue weighted by Crippen LogP contribution is 2.32. The number of fused-ring (bicyclic) bond motifs is 1. The third kappa shape index (κ3) is 2.52. The Labute approximate surface area is 114 Å². The summed E-state index contributed by atoms with van der Waals surface area (Å²) in [6, 6.07) is 8.35. The first-order chi connectivity index (χ1) is 9.18. The highest BCUT2D eigenvalue weighted by Gasteiger charge is 2.35. The van der Waals surface area contributed by atoms with Crippen molar-refractivity contribution in [1.29, 1.82) is 0 Å². The Morgan fingerprint density at radius 1 is 1.42 bits per heavy atom. The summed E-state index contributed by atoms with van der Waals surface area (Å²) < 4.78 is 5.22. The predicted molar refractivity (Wildman–Crippen MR) is 74.1 cm³/mol. The maximum Gasteiger partial charge on any atom is 0.227 e. The summed E-state index contributed by atoms with van der Waals surface area (Å²) >= 11 is 0. The Kier molecular flexibility index (Phi) is 3.31. The van der Waals surface area contributed by atoms with Gasteiger partial charge in [0.05, 0.1) is 19.1 Å². The molecule has 1 amide bonds. The van der Waals surface area contributed by atoms with E-state index in [0.29, 0.717) is 0 Å². The normalized spacial score (nSPS) is 24.2. The lowest BCUT2D eigenvalue weighted by Crippen LogP contribution is -2.49. The lowest BCUT2D eigenvalue weighted by molar-refractivity contribution is -0.128. The van der Waals surface area contributed by atoms with Crippen molar-refractivity contribution in [2.75, 3.05) is 19.8 Å². The first-order valence-corrected chi connectivity index (χ1v) is 7.11. The van der Waals surface area contributed by atoms with Gasteiger partial charge in [0, 0.05) is 12.0 Å². The summed E-state index contributed by atoms with van der Waals surface area (Å²) in [4.78, 5) is 12.4. The first-order valence-electron chi connectivity index (χ1n) is 7.11. The number of aryl methyl sites for hydroxylation is 1. The molecular weight excluding hydrogens is 238 g/mol. The van der Waals surface area contributed by atoms with Crippen LogP contribution in [0, 0.1) is 5.41 Å². The van der Waals surface area contributed by atoms with Gasteiger partial charge in [0.1, 0.15) is 0 Å². The molecule has 1 saturated heterocycles. The van der Waals surface area contributed by atoms with Crippen molar-refractivity contribution in [1.82, 2.24) is 5.32 Å². The van der Waals surface area contributed by atoms with Gasteiger partial charge in [-0.1, -0.05) is 31.2 Å². The second-order valence-electron chi connectivity index (χ2n) is 6.16. The monoisotopic (exact) mass is 259 g/mol. The van der Waals surface area contributed by atoms with E-state index >= 15 is 0 Å². The van der Waals surface area contributed by atoms with Crippen LogP contribution >= 0.6 is 0 Å². The Morgan fingerprint density at radius 2 is 2.21 bits per heavy atom. The minimum Gasteiger partial charge on any atom is -0.380 e. The molecule has 3 rings (SSSR count). The molecule has 0 aromatic heterocycles. The van der Waals surface area contributed by atoms with Crippen molar-refractivity contribution in [3.8, 4) is 0 Å². The van der Waals surface area contributed by atoms with Crippen LogP contribution in [0.2, 0.25) is 0 Å². The van der Waals surface area contributed by atoms with Gasteiger partial charge in [-0.05, 0) is 30.4 Å². The van der Waals surface area contributed by atoms with Crippen LogP contribution in [-0.4, -0.2) is 25.7 Å². The maximum absolute atomic E-state index is 12.4. The molecule has 0 bridgehead atoms. The Bertz CT molecular complexity index is 479. The molecule has 1 heterocycles. The maximum atomic E-state index is 12.4. The minimum atomic E-state index is 0.0366. The fourth-order valence-electron chi connectivity index (χ4n) is 3.00. The van der Waals surface area contributed by atoms with E-state index in [1.807, 2.05) is 6.07 Å². The number of rotatable bonds is 3. The quantitative estimate of drug-likeness (QED) is 0.904. The lowest BCUT2D eigenvalue weighted by atomic mass is 9.82. The van der Waals surface area contributed by atoms with E-state index in [4.69, 9.17) is 4.74 Å². The summed E-state index contributed by atoms with van der Waals surface area (Å²) in [5, 5.41) is 3.12. The lowest BCUT2D eigenvalue weighted by Gasteiger charge is -2.38. The average Bonchev–Trinajstić information content (AvgIpc) is 2.42. The molecule has 1 aromatic carbocycles. The van der Waals surface area contributed by atoms with Crippen molar-refractivity contribution in [2.24, 2.45) is 5.41 Å². The number of hydrogen-bond acceptors (Lipinski definition) is 2.